The first-order valence-electron chi connectivity index (χ1n) is 10.1. The summed E-state index contributed by atoms with van der Waals surface area (Å²) >= 11 is 1.69. The number of nitrogens with two attached hydrogens (primary N) is 1. The van der Waals surface area contributed by atoms with Crippen LogP contribution < -0.4 is 10.5 Å². The monoisotopic (exact) mass is 469 g/mol. The molecule has 2 rings (SSSR count). The third kappa shape index (κ3) is 10.7. The van der Waals surface area contributed by atoms with Crippen molar-refractivity contribution in [3.8, 4) is 5.06 Å². The molecule has 0 radical (unpaired) electrons. The molecule has 0 bridgehead atoms. The number of carboxylic acid groups (broad SMARTS) is 2. The fraction of sp³-hybridized carbons (Fsp3) is 0.455. The molecule has 178 valence electrons. The minimum absolute atomic E-state index is 0.123. The van der Waals surface area contributed by atoms with Crippen LogP contribution in [0.2, 0.25) is 0 Å². The van der Waals surface area contributed by atoms with Gasteiger partial charge in [-0.2, -0.15) is 0 Å². The lowest BCUT2D eigenvalue weighted by Gasteiger charge is -2.13. The van der Waals surface area contributed by atoms with Crippen LogP contribution in [0, 0.1) is 5.92 Å². The van der Waals surface area contributed by atoms with Crippen molar-refractivity contribution < 1.29 is 39.9 Å². The van der Waals surface area contributed by atoms with Gasteiger partial charge in [0, 0.05) is 4.88 Å². The Labute approximate surface area is 190 Å². The van der Waals surface area contributed by atoms with Crippen LogP contribution in [0.15, 0.2) is 42.5 Å². The van der Waals surface area contributed by atoms with Crippen molar-refractivity contribution in [2.75, 3.05) is 6.61 Å². The summed E-state index contributed by atoms with van der Waals surface area (Å²) in [6.07, 6.45) is -1.36. The molecule has 10 heteroatoms. The van der Waals surface area contributed by atoms with Crippen LogP contribution in [-0.2, 0) is 22.4 Å². The summed E-state index contributed by atoms with van der Waals surface area (Å²) in [6, 6.07) is 14.6. The Balaban J connectivity index is 0.000000433. The van der Waals surface area contributed by atoms with Crippen LogP contribution in [0.4, 0.5) is 0 Å². The molecule has 1 aromatic carbocycles. The fourth-order valence-corrected chi connectivity index (χ4v) is 3.37. The van der Waals surface area contributed by atoms with Crippen molar-refractivity contribution in [1.29, 1.82) is 0 Å². The molecule has 0 aliphatic heterocycles. The Bertz CT molecular complexity index is 793. The van der Waals surface area contributed by atoms with Gasteiger partial charge in [-0.1, -0.05) is 37.3 Å². The van der Waals surface area contributed by atoms with Gasteiger partial charge in [-0.25, -0.2) is 9.59 Å². The highest BCUT2D eigenvalue weighted by atomic mass is 32.1. The maximum absolute atomic E-state index is 9.77. The first-order valence-corrected chi connectivity index (χ1v) is 10.9. The maximum Gasteiger partial charge on any atom is 0.335 e. The number of thiophene rings is 1. The quantitative estimate of drug-likeness (QED) is 0.199. The zero-order valence-corrected chi connectivity index (χ0v) is 18.6. The summed E-state index contributed by atoms with van der Waals surface area (Å²) < 4.78 is 5.81. The van der Waals surface area contributed by atoms with Crippen molar-refractivity contribution in [2.45, 2.75) is 51.0 Å². The zero-order chi connectivity index (χ0) is 24.1. The molecule has 0 saturated carbocycles. The second kappa shape index (κ2) is 14.5. The lowest BCUT2D eigenvalue weighted by Crippen LogP contribution is -2.39. The second-order valence-electron chi connectivity index (χ2n) is 7.23. The lowest BCUT2D eigenvalue weighted by atomic mass is 10.0. The van der Waals surface area contributed by atoms with Crippen LogP contribution >= 0.6 is 11.3 Å². The van der Waals surface area contributed by atoms with Crippen molar-refractivity contribution in [2.24, 2.45) is 11.7 Å². The summed E-state index contributed by atoms with van der Waals surface area (Å²) in [6.45, 7) is 2.71. The van der Waals surface area contributed by atoms with Gasteiger partial charge in [0.25, 0.3) is 0 Å². The summed E-state index contributed by atoms with van der Waals surface area (Å²) in [4.78, 5) is 20.8. The van der Waals surface area contributed by atoms with E-state index in [1.165, 1.54) is 10.4 Å². The smallest absolute Gasteiger partial charge is 0.335 e. The van der Waals surface area contributed by atoms with E-state index in [9.17, 15) is 14.7 Å². The molecule has 1 aromatic heterocycles. The lowest BCUT2D eigenvalue weighted by molar-refractivity contribution is -0.165. The van der Waals surface area contributed by atoms with Crippen LogP contribution in [-0.4, -0.2) is 62.5 Å². The number of carboxylic acids is 2. The second-order valence-corrected chi connectivity index (χ2v) is 8.36. The van der Waals surface area contributed by atoms with Gasteiger partial charge in [0.2, 0.25) is 0 Å². The summed E-state index contributed by atoms with van der Waals surface area (Å²) in [5.74, 6) is -3.41. The fourth-order valence-electron chi connectivity index (χ4n) is 2.47. The predicted molar refractivity (Wildman–Crippen MR) is 120 cm³/mol. The Kier molecular flexibility index (Phi) is 12.5. The topological polar surface area (TPSA) is 171 Å². The van der Waals surface area contributed by atoms with Gasteiger partial charge in [0.05, 0.1) is 6.61 Å². The molecule has 0 saturated heterocycles. The Hall–Kier alpha value is -2.50. The third-order valence-electron chi connectivity index (χ3n) is 4.57. The van der Waals surface area contributed by atoms with E-state index < -0.39 is 30.4 Å². The first kappa shape index (κ1) is 27.5. The van der Waals surface area contributed by atoms with Crippen LogP contribution in [0.1, 0.15) is 30.2 Å². The number of aliphatic hydroxyl groups excluding tert-OH is 3. The molecule has 7 N–H and O–H groups in total. The van der Waals surface area contributed by atoms with E-state index in [-0.39, 0.29) is 5.92 Å². The number of aryl methyl sites for hydroxylation is 2. The average molecular weight is 470 g/mol. The number of aliphatic carboxylic acids is 2. The molecular weight excluding hydrogens is 438 g/mol. The van der Waals surface area contributed by atoms with Crippen molar-refractivity contribution in [3.63, 3.8) is 0 Å². The molecule has 2 aromatic rings. The van der Waals surface area contributed by atoms with Gasteiger partial charge in [0.15, 0.2) is 17.3 Å². The molecule has 32 heavy (non-hydrogen) atoms. The molecule has 4 atom stereocenters. The molecule has 0 amide bonds. The van der Waals surface area contributed by atoms with Gasteiger partial charge < -0.3 is 36.0 Å². The van der Waals surface area contributed by atoms with Gasteiger partial charge in [-0.05, 0) is 49.3 Å². The van der Waals surface area contributed by atoms with Gasteiger partial charge in [-0.15, -0.1) is 11.3 Å². The van der Waals surface area contributed by atoms with Gasteiger partial charge in [-0.3, -0.25) is 0 Å². The first-order chi connectivity index (χ1) is 15.1. The normalized spacial score (nSPS) is 14.4. The molecule has 0 spiro atoms. The van der Waals surface area contributed by atoms with Crippen LogP contribution in [0.25, 0.3) is 0 Å². The summed E-state index contributed by atoms with van der Waals surface area (Å²) in [7, 11) is 0. The highest BCUT2D eigenvalue weighted by molar-refractivity contribution is 7.13. The minimum atomic E-state index is -2.27. The number of aliphatic hydroxyl groups is 3. The highest BCUT2D eigenvalue weighted by Crippen LogP contribution is 2.26. The zero-order valence-electron chi connectivity index (χ0n) is 17.8. The van der Waals surface area contributed by atoms with E-state index in [4.69, 9.17) is 30.9 Å². The Morgan fingerprint density at radius 1 is 0.969 bits per heavy atom. The van der Waals surface area contributed by atoms with Crippen molar-refractivity contribution in [1.82, 2.24) is 0 Å². The molecular formula is C22H31NO8S. The third-order valence-corrected chi connectivity index (χ3v) is 5.63. The van der Waals surface area contributed by atoms with Crippen molar-refractivity contribution >= 4 is 23.3 Å². The predicted octanol–water partition coefficient (Wildman–Crippen LogP) is 1.48. The van der Waals surface area contributed by atoms with Crippen LogP contribution in [0.3, 0.4) is 0 Å². The van der Waals surface area contributed by atoms with Crippen LogP contribution in [0.5, 0.6) is 5.06 Å². The van der Waals surface area contributed by atoms with E-state index in [1.54, 1.807) is 11.3 Å². The van der Waals surface area contributed by atoms with E-state index in [1.807, 2.05) is 19.1 Å². The number of hydrogen-bond donors (Lipinski definition) is 6. The molecule has 0 aliphatic carbocycles. The SMILES string of the molecule is C[C@H](CCc1ccc(OCCCc2ccccc2)s1)C(N)O.O=C(O)C(O)C(O)C(=O)O. The van der Waals surface area contributed by atoms with E-state index in [2.05, 4.69) is 30.3 Å². The minimum Gasteiger partial charge on any atom is -0.484 e. The summed E-state index contributed by atoms with van der Waals surface area (Å²) in [5, 5.41) is 42.8. The summed E-state index contributed by atoms with van der Waals surface area (Å²) in [5.41, 5.74) is 6.82. The van der Waals surface area contributed by atoms with Crippen molar-refractivity contribution in [3.05, 3.63) is 52.9 Å². The standard InChI is InChI=1S/C18H25NO2S.C4H6O6/c1-14(18(19)20)9-10-16-11-12-17(22-16)21-13-5-8-15-6-3-2-4-7-15;5-1(3(7)8)2(6)4(9)10/h2-4,6-7,11-12,14,18,20H,5,8-10,13,19H2,1H3;1-2,5-6H,(H,7,8)(H,9,10)/t14-,18?;/m1./s1. The van der Waals surface area contributed by atoms with E-state index >= 15 is 0 Å². The molecule has 1 heterocycles. The molecule has 3 unspecified atom stereocenters. The maximum atomic E-state index is 9.77. The number of ether oxygens (including phenoxy) is 1. The largest absolute Gasteiger partial charge is 0.484 e. The molecule has 9 nitrogen and oxygen atoms in total. The van der Waals surface area contributed by atoms with Gasteiger partial charge >= 0.3 is 11.9 Å². The highest BCUT2D eigenvalue weighted by Gasteiger charge is 2.29. The number of rotatable bonds is 12. The Morgan fingerprint density at radius 2 is 1.56 bits per heavy atom. The molecule has 0 fully saturated rings. The molecule has 0 aliphatic rings. The average Bonchev–Trinajstić information content (AvgIpc) is 3.22. The van der Waals surface area contributed by atoms with Gasteiger partial charge in [0.1, 0.15) is 6.23 Å². The number of carbonyl (C=O) groups is 2. The van der Waals surface area contributed by atoms with E-state index in [0.29, 0.717) is 0 Å². The number of benzene rings is 1. The number of hydrogen-bond acceptors (Lipinski definition) is 8. The Morgan fingerprint density at radius 3 is 2.09 bits per heavy atom. The van der Waals surface area contributed by atoms with E-state index in [0.717, 1.165) is 37.4 Å².